The Kier molecular flexibility index (Phi) is 1.86. The highest BCUT2D eigenvalue weighted by Crippen LogP contribution is 2.46. The second kappa shape index (κ2) is 2.90. The van der Waals surface area contributed by atoms with Gasteiger partial charge in [0.25, 0.3) is 0 Å². The average Bonchev–Trinajstić information content (AvgIpc) is 2.82. The molecule has 0 aliphatic heterocycles. The van der Waals surface area contributed by atoms with Crippen molar-refractivity contribution in [2.75, 3.05) is 6.54 Å². The Morgan fingerprint density at radius 1 is 1.69 bits per heavy atom. The zero-order chi connectivity index (χ0) is 9.31. The van der Waals surface area contributed by atoms with E-state index in [4.69, 9.17) is 12.2 Å². The summed E-state index contributed by atoms with van der Waals surface area (Å²) in [5.74, 6) is 2.56. The fourth-order valence-electron chi connectivity index (χ4n) is 1.58. The van der Waals surface area contributed by atoms with E-state index in [0.717, 1.165) is 6.54 Å². The summed E-state index contributed by atoms with van der Waals surface area (Å²) in [6, 6.07) is 0. The molecule has 1 saturated carbocycles. The Balaban J connectivity index is 2.19. The van der Waals surface area contributed by atoms with Crippen molar-refractivity contribution in [1.29, 1.82) is 0 Å². The minimum atomic E-state index is 0.229. The molecule has 0 unspecified atom stereocenters. The van der Waals surface area contributed by atoms with Gasteiger partial charge in [0.1, 0.15) is 6.54 Å². The summed E-state index contributed by atoms with van der Waals surface area (Å²) in [4.78, 5) is 0. The molecule has 1 fully saturated rings. The predicted molar refractivity (Wildman–Crippen MR) is 51.0 cm³/mol. The number of aromatic nitrogens is 2. The van der Waals surface area contributed by atoms with Gasteiger partial charge in [-0.2, -0.15) is 5.10 Å². The highest BCUT2D eigenvalue weighted by Gasteiger charge is 2.43. The van der Waals surface area contributed by atoms with Crippen LogP contribution >= 0.6 is 0 Å². The number of rotatable bonds is 3. The molecule has 0 spiro atoms. The number of terminal acetylenes is 1. The first kappa shape index (κ1) is 8.33. The van der Waals surface area contributed by atoms with Crippen LogP contribution in [-0.4, -0.2) is 16.3 Å². The first-order valence-electron chi connectivity index (χ1n) is 4.47. The lowest BCUT2D eigenvalue weighted by Gasteiger charge is -2.07. The van der Waals surface area contributed by atoms with Gasteiger partial charge in [0, 0.05) is 18.2 Å². The van der Waals surface area contributed by atoms with Gasteiger partial charge in [0.05, 0.1) is 6.20 Å². The highest BCUT2D eigenvalue weighted by molar-refractivity contribution is 5.27. The second-order valence-electron chi connectivity index (χ2n) is 3.62. The molecule has 0 aromatic carbocycles. The lowest BCUT2D eigenvalue weighted by Crippen LogP contribution is -2.18. The number of hydrogen-bond donors (Lipinski definition) is 1. The summed E-state index contributed by atoms with van der Waals surface area (Å²) in [5.41, 5.74) is 7.18. The van der Waals surface area contributed by atoms with Gasteiger partial charge < -0.3 is 5.73 Å². The van der Waals surface area contributed by atoms with Crippen molar-refractivity contribution in [2.45, 2.75) is 24.8 Å². The number of hydrogen-bond acceptors (Lipinski definition) is 2. The molecule has 0 saturated heterocycles. The van der Waals surface area contributed by atoms with Crippen LogP contribution in [0.5, 0.6) is 0 Å². The van der Waals surface area contributed by atoms with Crippen LogP contribution in [0.2, 0.25) is 0 Å². The molecule has 0 bridgehead atoms. The van der Waals surface area contributed by atoms with E-state index in [1.165, 1.54) is 18.4 Å². The van der Waals surface area contributed by atoms with Crippen LogP contribution in [0.15, 0.2) is 12.4 Å². The molecule has 2 rings (SSSR count). The third-order valence-electron chi connectivity index (χ3n) is 2.74. The molecule has 1 aromatic heterocycles. The maximum atomic E-state index is 5.71. The van der Waals surface area contributed by atoms with E-state index < -0.39 is 0 Å². The van der Waals surface area contributed by atoms with Crippen molar-refractivity contribution in [3.05, 3.63) is 18.0 Å². The molecule has 0 radical (unpaired) electrons. The summed E-state index contributed by atoms with van der Waals surface area (Å²) in [6.45, 7) is 1.26. The molecule has 3 nitrogen and oxygen atoms in total. The Bertz CT molecular complexity index is 341. The van der Waals surface area contributed by atoms with E-state index >= 15 is 0 Å². The van der Waals surface area contributed by atoms with E-state index in [1.807, 2.05) is 12.4 Å². The van der Waals surface area contributed by atoms with Crippen LogP contribution in [0.3, 0.4) is 0 Å². The Hall–Kier alpha value is -1.27. The van der Waals surface area contributed by atoms with Gasteiger partial charge in [0.2, 0.25) is 0 Å². The normalized spacial score (nSPS) is 18.2. The monoisotopic (exact) mass is 175 g/mol. The Morgan fingerprint density at radius 3 is 3.00 bits per heavy atom. The van der Waals surface area contributed by atoms with Gasteiger partial charge in [-0.05, 0) is 18.4 Å². The first-order valence-corrected chi connectivity index (χ1v) is 4.47. The van der Waals surface area contributed by atoms with E-state index in [2.05, 4.69) is 11.0 Å². The SMILES string of the molecule is C#CCn1cc(C2(CN)CC2)cn1. The molecule has 1 heterocycles. The zero-order valence-electron chi connectivity index (χ0n) is 7.53. The van der Waals surface area contributed by atoms with Crippen molar-refractivity contribution in [3.63, 3.8) is 0 Å². The Labute approximate surface area is 77.9 Å². The van der Waals surface area contributed by atoms with Gasteiger partial charge in [0.15, 0.2) is 0 Å². The molecular formula is C10H13N3. The zero-order valence-corrected chi connectivity index (χ0v) is 7.53. The smallest absolute Gasteiger partial charge is 0.101 e. The van der Waals surface area contributed by atoms with E-state index in [1.54, 1.807) is 4.68 Å². The van der Waals surface area contributed by atoms with Crippen LogP contribution in [0, 0.1) is 12.3 Å². The van der Waals surface area contributed by atoms with E-state index in [0.29, 0.717) is 6.54 Å². The summed E-state index contributed by atoms with van der Waals surface area (Å²) >= 11 is 0. The summed E-state index contributed by atoms with van der Waals surface area (Å²) in [5, 5.41) is 4.18. The van der Waals surface area contributed by atoms with Gasteiger partial charge in [-0.3, -0.25) is 4.68 Å². The quantitative estimate of drug-likeness (QED) is 0.680. The molecule has 3 heteroatoms. The van der Waals surface area contributed by atoms with Crippen LogP contribution in [0.1, 0.15) is 18.4 Å². The fourth-order valence-corrected chi connectivity index (χ4v) is 1.58. The average molecular weight is 175 g/mol. The summed E-state index contributed by atoms with van der Waals surface area (Å²) in [7, 11) is 0. The predicted octanol–water partition coefficient (Wildman–Crippen LogP) is 0.507. The van der Waals surface area contributed by atoms with Crippen molar-refractivity contribution >= 4 is 0 Å². The molecule has 0 amide bonds. The molecule has 1 aliphatic rings. The van der Waals surface area contributed by atoms with E-state index in [9.17, 15) is 0 Å². The van der Waals surface area contributed by atoms with Crippen LogP contribution in [-0.2, 0) is 12.0 Å². The van der Waals surface area contributed by atoms with Gasteiger partial charge >= 0.3 is 0 Å². The minimum Gasteiger partial charge on any atom is -0.330 e. The topological polar surface area (TPSA) is 43.8 Å². The minimum absolute atomic E-state index is 0.229. The maximum Gasteiger partial charge on any atom is 0.101 e. The van der Waals surface area contributed by atoms with E-state index in [-0.39, 0.29) is 5.41 Å². The van der Waals surface area contributed by atoms with Crippen molar-refractivity contribution in [1.82, 2.24) is 9.78 Å². The van der Waals surface area contributed by atoms with Gasteiger partial charge in [-0.25, -0.2) is 0 Å². The van der Waals surface area contributed by atoms with Gasteiger partial charge in [-0.1, -0.05) is 5.92 Å². The maximum absolute atomic E-state index is 5.71. The molecular weight excluding hydrogens is 162 g/mol. The third kappa shape index (κ3) is 1.34. The van der Waals surface area contributed by atoms with Crippen LogP contribution in [0.25, 0.3) is 0 Å². The van der Waals surface area contributed by atoms with Crippen molar-refractivity contribution < 1.29 is 0 Å². The van der Waals surface area contributed by atoms with Crippen LogP contribution in [0.4, 0.5) is 0 Å². The standard InChI is InChI=1S/C10H13N3/c1-2-5-13-7-9(6-12-13)10(8-11)3-4-10/h1,6-7H,3-5,8,11H2. The lowest BCUT2D eigenvalue weighted by molar-refractivity contribution is 0.692. The highest BCUT2D eigenvalue weighted by atomic mass is 15.3. The number of nitrogens with two attached hydrogens (primary N) is 1. The molecule has 13 heavy (non-hydrogen) atoms. The third-order valence-corrected chi connectivity index (χ3v) is 2.74. The molecule has 0 atom stereocenters. The number of nitrogens with zero attached hydrogens (tertiary/aromatic N) is 2. The Morgan fingerprint density at radius 2 is 2.46 bits per heavy atom. The molecule has 2 N–H and O–H groups in total. The first-order chi connectivity index (χ1) is 6.30. The van der Waals surface area contributed by atoms with Crippen molar-refractivity contribution in [3.8, 4) is 12.3 Å². The lowest BCUT2D eigenvalue weighted by atomic mass is 10.0. The van der Waals surface area contributed by atoms with Gasteiger partial charge in [-0.15, -0.1) is 6.42 Å². The summed E-state index contributed by atoms with van der Waals surface area (Å²) < 4.78 is 1.78. The largest absolute Gasteiger partial charge is 0.330 e. The van der Waals surface area contributed by atoms with Crippen molar-refractivity contribution in [2.24, 2.45) is 5.73 Å². The second-order valence-corrected chi connectivity index (χ2v) is 3.62. The summed E-state index contributed by atoms with van der Waals surface area (Å²) in [6.07, 6.45) is 11.5. The molecule has 1 aromatic rings. The van der Waals surface area contributed by atoms with Crippen LogP contribution < -0.4 is 5.73 Å². The molecule has 68 valence electrons. The molecule has 1 aliphatic carbocycles. The fraction of sp³-hybridized carbons (Fsp3) is 0.500.